The van der Waals surface area contributed by atoms with Gasteiger partial charge in [0.1, 0.15) is 0 Å². The van der Waals surface area contributed by atoms with Gasteiger partial charge in [-0.05, 0) is 79.7 Å². The van der Waals surface area contributed by atoms with Crippen LogP contribution >= 0.6 is 0 Å². The molecule has 0 unspecified atom stereocenters. The topological polar surface area (TPSA) is 48.5 Å². The van der Waals surface area contributed by atoms with Crippen molar-refractivity contribution in [2.24, 2.45) is 4.99 Å². The van der Waals surface area contributed by atoms with Gasteiger partial charge in [-0.15, -0.1) is 0 Å². The van der Waals surface area contributed by atoms with Gasteiger partial charge in [-0.25, -0.2) is 0 Å². The summed E-state index contributed by atoms with van der Waals surface area (Å²) >= 11 is 0. The van der Waals surface area contributed by atoms with Gasteiger partial charge in [-0.3, -0.25) is 4.99 Å². The average molecular weight is 395 g/mol. The van der Waals surface area contributed by atoms with Crippen molar-refractivity contribution >= 4 is 34.1 Å². The molecule has 0 spiro atoms. The third kappa shape index (κ3) is 5.17. The molecule has 0 atom stereocenters. The third-order valence-corrected chi connectivity index (χ3v) is 4.93. The summed E-state index contributed by atoms with van der Waals surface area (Å²) in [7, 11) is 1.92. The van der Waals surface area contributed by atoms with Gasteiger partial charge in [0.15, 0.2) is 0 Å². The predicted octanol–water partition coefficient (Wildman–Crippen LogP) is 6.81. The van der Waals surface area contributed by atoms with Crippen molar-refractivity contribution in [1.29, 1.82) is 0 Å². The fourth-order valence-electron chi connectivity index (χ4n) is 3.19. The van der Waals surface area contributed by atoms with E-state index in [4.69, 9.17) is 4.99 Å². The highest BCUT2D eigenvalue weighted by Crippen LogP contribution is 2.23. The van der Waals surface area contributed by atoms with E-state index in [2.05, 4.69) is 89.6 Å². The van der Waals surface area contributed by atoms with Gasteiger partial charge < -0.3 is 16.0 Å². The molecule has 0 saturated carbocycles. The van der Waals surface area contributed by atoms with Crippen molar-refractivity contribution in [2.75, 3.05) is 23.0 Å². The van der Waals surface area contributed by atoms with E-state index in [9.17, 15) is 0 Å². The maximum Gasteiger partial charge on any atom is 0.0634 e. The van der Waals surface area contributed by atoms with Crippen molar-refractivity contribution in [3.8, 4) is 0 Å². The number of rotatable bonds is 6. The van der Waals surface area contributed by atoms with E-state index in [1.165, 1.54) is 5.56 Å². The first-order valence-corrected chi connectivity index (χ1v) is 10.1. The fraction of sp³-hybridized carbons (Fsp3) is 0.115. The molecule has 3 aromatic rings. The SMILES string of the molecule is CNc1ccc(Nc2ccc(N=C3C=CC(Nc4ccc(C)cc4)=CC3)cc2)cc1. The van der Waals surface area contributed by atoms with Gasteiger partial charge in [-0.2, -0.15) is 0 Å². The monoisotopic (exact) mass is 394 g/mol. The number of hydrogen-bond acceptors (Lipinski definition) is 4. The maximum atomic E-state index is 4.76. The highest BCUT2D eigenvalue weighted by molar-refractivity contribution is 5.99. The van der Waals surface area contributed by atoms with Crippen molar-refractivity contribution in [1.82, 2.24) is 0 Å². The van der Waals surface area contributed by atoms with Crippen LogP contribution in [0.5, 0.6) is 0 Å². The summed E-state index contributed by atoms with van der Waals surface area (Å²) in [5.74, 6) is 0. The minimum absolute atomic E-state index is 0.808. The van der Waals surface area contributed by atoms with Crippen LogP contribution in [0.25, 0.3) is 0 Å². The normalized spacial score (nSPS) is 14.3. The zero-order valence-electron chi connectivity index (χ0n) is 17.3. The lowest BCUT2D eigenvalue weighted by atomic mass is 10.1. The molecule has 0 heterocycles. The van der Waals surface area contributed by atoms with Gasteiger partial charge in [0.25, 0.3) is 0 Å². The first-order chi connectivity index (χ1) is 14.7. The lowest BCUT2D eigenvalue weighted by Gasteiger charge is -2.12. The summed E-state index contributed by atoms with van der Waals surface area (Å²) in [4.78, 5) is 4.76. The smallest absolute Gasteiger partial charge is 0.0634 e. The van der Waals surface area contributed by atoms with Crippen LogP contribution in [0.1, 0.15) is 12.0 Å². The highest BCUT2D eigenvalue weighted by Gasteiger charge is 2.04. The summed E-state index contributed by atoms with van der Waals surface area (Å²) in [6.07, 6.45) is 7.13. The molecular formula is C26H26N4. The zero-order chi connectivity index (χ0) is 20.8. The lowest BCUT2D eigenvalue weighted by Crippen LogP contribution is -2.04. The lowest BCUT2D eigenvalue weighted by molar-refractivity contribution is 1.32. The summed E-state index contributed by atoms with van der Waals surface area (Å²) in [5, 5.41) is 9.97. The van der Waals surface area contributed by atoms with Crippen molar-refractivity contribution in [3.05, 3.63) is 102 Å². The number of hydrogen-bond donors (Lipinski definition) is 3. The molecule has 0 saturated heterocycles. The molecule has 0 aromatic heterocycles. The van der Waals surface area contributed by atoms with E-state index in [-0.39, 0.29) is 0 Å². The number of allylic oxidation sites excluding steroid dienone is 3. The fourth-order valence-corrected chi connectivity index (χ4v) is 3.19. The number of benzene rings is 3. The second kappa shape index (κ2) is 9.14. The van der Waals surface area contributed by atoms with Crippen LogP contribution in [0, 0.1) is 6.92 Å². The van der Waals surface area contributed by atoms with Crippen LogP contribution in [-0.4, -0.2) is 12.8 Å². The zero-order valence-corrected chi connectivity index (χ0v) is 17.3. The van der Waals surface area contributed by atoms with Crippen LogP contribution in [0.2, 0.25) is 0 Å². The summed E-state index contributed by atoms with van der Waals surface area (Å²) < 4.78 is 0. The Kier molecular flexibility index (Phi) is 5.95. The van der Waals surface area contributed by atoms with E-state index < -0.39 is 0 Å². The molecule has 3 N–H and O–H groups in total. The Hall–Kier alpha value is -3.79. The standard InChI is InChI=1S/C26H26N4/c1-19-3-5-21(6-4-19)28-23-11-13-25(14-12-23)30-26-17-15-24(16-18-26)29-22-9-7-20(27-2)8-10-22/h3-13,15-18,27-29H,14H2,1-2H3. The van der Waals surface area contributed by atoms with E-state index in [0.29, 0.717) is 0 Å². The first-order valence-electron chi connectivity index (χ1n) is 10.1. The Balaban J connectivity index is 1.35. The molecule has 4 heteroatoms. The maximum absolute atomic E-state index is 4.76. The highest BCUT2D eigenvalue weighted by atomic mass is 14.9. The number of nitrogens with one attached hydrogen (secondary N) is 3. The third-order valence-electron chi connectivity index (χ3n) is 4.93. The summed E-state index contributed by atoms with van der Waals surface area (Å²) in [5.41, 5.74) is 8.65. The molecule has 0 amide bonds. The van der Waals surface area contributed by atoms with E-state index in [1.807, 2.05) is 31.3 Å². The first kappa shape index (κ1) is 19.5. The van der Waals surface area contributed by atoms with Crippen LogP contribution < -0.4 is 16.0 Å². The Labute approximate surface area is 178 Å². The van der Waals surface area contributed by atoms with Gasteiger partial charge in [-0.1, -0.05) is 23.8 Å². The molecule has 4 nitrogen and oxygen atoms in total. The predicted molar refractivity (Wildman–Crippen MR) is 129 cm³/mol. The van der Waals surface area contributed by atoms with E-state index in [0.717, 1.165) is 46.3 Å². The quantitative estimate of drug-likeness (QED) is 0.430. The number of aliphatic imine (C=N–C) groups is 1. The Morgan fingerprint density at radius 2 is 1.23 bits per heavy atom. The van der Waals surface area contributed by atoms with E-state index in [1.54, 1.807) is 0 Å². The minimum atomic E-state index is 0.808. The van der Waals surface area contributed by atoms with Gasteiger partial charge in [0.05, 0.1) is 5.69 Å². The largest absolute Gasteiger partial charge is 0.388 e. The molecule has 1 aliphatic carbocycles. The van der Waals surface area contributed by atoms with Crippen LogP contribution in [0.15, 0.2) is 102 Å². The number of nitrogens with zero attached hydrogens (tertiary/aromatic N) is 1. The Bertz CT molecular complexity index is 1070. The summed E-state index contributed by atoms with van der Waals surface area (Å²) in [6, 6.07) is 24.8. The molecule has 0 radical (unpaired) electrons. The van der Waals surface area contributed by atoms with Crippen molar-refractivity contribution in [2.45, 2.75) is 13.3 Å². The van der Waals surface area contributed by atoms with Crippen LogP contribution in [0.3, 0.4) is 0 Å². The number of anilines is 4. The molecule has 150 valence electrons. The number of aryl methyl sites for hydroxylation is 1. The summed E-state index contributed by atoms with van der Waals surface area (Å²) in [6.45, 7) is 2.09. The van der Waals surface area contributed by atoms with Crippen molar-refractivity contribution in [3.63, 3.8) is 0 Å². The average Bonchev–Trinajstić information content (AvgIpc) is 2.78. The van der Waals surface area contributed by atoms with E-state index >= 15 is 0 Å². The molecule has 3 aromatic carbocycles. The van der Waals surface area contributed by atoms with Gasteiger partial charge in [0, 0.05) is 47.6 Å². The second-order valence-corrected chi connectivity index (χ2v) is 7.29. The Morgan fingerprint density at radius 3 is 1.83 bits per heavy atom. The van der Waals surface area contributed by atoms with Gasteiger partial charge >= 0.3 is 0 Å². The minimum Gasteiger partial charge on any atom is -0.388 e. The molecule has 0 aliphatic heterocycles. The molecule has 0 fully saturated rings. The molecule has 1 aliphatic rings. The molecular weight excluding hydrogens is 368 g/mol. The molecule has 4 rings (SSSR count). The Morgan fingerprint density at radius 1 is 0.667 bits per heavy atom. The van der Waals surface area contributed by atoms with Crippen molar-refractivity contribution < 1.29 is 0 Å². The van der Waals surface area contributed by atoms with Crippen LogP contribution in [0.4, 0.5) is 28.4 Å². The van der Waals surface area contributed by atoms with Crippen LogP contribution in [-0.2, 0) is 0 Å². The molecule has 30 heavy (non-hydrogen) atoms. The van der Waals surface area contributed by atoms with Gasteiger partial charge in [0.2, 0.25) is 0 Å². The second-order valence-electron chi connectivity index (χ2n) is 7.29. The molecule has 0 bridgehead atoms.